The van der Waals surface area contributed by atoms with Gasteiger partial charge in [0.1, 0.15) is 29.1 Å². The molecule has 1 unspecified atom stereocenters. The van der Waals surface area contributed by atoms with Crippen LogP contribution < -0.4 is 16.6 Å². The predicted octanol–water partition coefficient (Wildman–Crippen LogP) is 6.61. The number of carbonyl (C=O) groups excluding carboxylic acids is 2. The SMILES string of the molecule is CC(C)(C)OC(=O)N1CCC(Cc2ccc(-c3cccc(-n4c(=O)n(C5CCC(NC(=O)C6CN7C=C(F)C=CC7=N6)CC5)c(=O)c5cc(F)cnc54)c3)cc2)CC1. The first-order valence-electron chi connectivity index (χ1n) is 20.0. The molecule has 2 fully saturated rings. The highest BCUT2D eigenvalue weighted by Crippen LogP contribution is 2.30. The van der Waals surface area contributed by atoms with Crippen LogP contribution in [0.1, 0.15) is 70.9 Å². The van der Waals surface area contributed by atoms with E-state index in [0.717, 1.165) is 42.7 Å². The van der Waals surface area contributed by atoms with Gasteiger partial charge in [0.15, 0.2) is 5.65 Å². The first-order chi connectivity index (χ1) is 27.8. The molecule has 302 valence electrons. The quantitative estimate of drug-likeness (QED) is 0.223. The minimum atomic E-state index is -0.685. The Morgan fingerprint density at radius 2 is 1.66 bits per heavy atom. The Hall–Kier alpha value is -5.92. The highest BCUT2D eigenvalue weighted by molar-refractivity contribution is 6.00. The summed E-state index contributed by atoms with van der Waals surface area (Å²) < 4.78 is 36.4. The smallest absolute Gasteiger partial charge is 0.410 e. The normalized spacial score (nSPS) is 21.1. The number of nitrogens with zero attached hydrogens (tertiary/aromatic N) is 6. The number of benzene rings is 2. The van der Waals surface area contributed by atoms with Gasteiger partial charge in [-0.25, -0.2) is 27.9 Å². The van der Waals surface area contributed by atoms with Crippen molar-refractivity contribution in [3.05, 3.63) is 117 Å². The van der Waals surface area contributed by atoms with E-state index in [1.54, 1.807) is 21.9 Å². The number of rotatable bonds is 7. The molecule has 5 heterocycles. The van der Waals surface area contributed by atoms with Crippen molar-refractivity contribution in [2.45, 2.75) is 89.4 Å². The van der Waals surface area contributed by atoms with Gasteiger partial charge in [0.2, 0.25) is 5.91 Å². The maximum Gasteiger partial charge on any atom is 0.410 e. The van der Waals surface area contributed by atoms with Crippen molar-refractivity contribution in [3.8, 4) is 16.8 Å². The zero-order chi connectivity index (χ0) is 40.7. The number of aliphatic imine (C=N–C) groups is 1. The molecule has 58 heavy (non-hydrogen) atoms. The van der Waals surface area contributed by atoms with Crippen LogP contribution >= 0.6 is 0 Å². The molecule has 1 atom stereocenters. The fraction of sp³-hybridized carbons (Fsp3) is 0.409. The van der Waals surface area contributed by atoms with E-state index in [-0.39, 0.29) is 35.6 Å². The molecule has 2 aromatic carbocycles. The Morgan fingerprint density at radius 3 is 2.38 bits per heavy atom. The summed E-state index contributed by atoms with van der Waals surface area (Å²) in [6, 6.07) is 15.5. The van der Waals surface area contributed by atoms with Gasteiger partial charge in [0.05, 0.1) is 23.8 Å². The number of hydrogen-bond acceptors (Lipinski definition) is 8. The summed E-state index contributed by atoms with van der Waals surface area (Å²) in [5, 5.41) is 3.05. The Balaban J connectivity index is 0.972. The lowest BCUT2D eigenvalue weighted by Gasteiger charge is -2.33. The molecule has 0 bridgehead atoms. The summed E-state index contributed by atoms with van der Waals surface area (Å²) in [5.74, 6) is -0.357. The van der Waals surface area contributed by atoms with E-state index in [2.05, 4.69) is 39.6 Å². The van der Waals surface area contributed by atoms with Crippen LogP contribution in [0.25, 0.3) is 27.8 Å². The second-order valence-electron chi connectivity index (χ2n) is 16.7. The van der Waals surface area contributed by atoms with Gasteiger partial charge in [-0.1, -0.05) is 36.4 Å². The van der Waals surface area contributed by atoms with Gasteiger partial charge in [-0.15, -0.1) is 0 Å². The van der Waals surface area contributed by atoms with Crippen molar-refractivity contribution in [3.63, 3.8) is 0 Å². The fourth-order valence-electron chi connectivity index (χ4n) is 8.45. The van der Waals surface area contributed by atoms with Crippen LogP contribution in [0.3, 0.4) is 0 Å². The minimum absolute atomic E-state index is 0.00180. The highest BCUT2D eigenvalue weighted by atomic mass is 19.1. The van der Waals surface area contributed by atoms with Crippen LogP contribution in [0.5, 0.6) is 0 Å². The summed E-state index contributed by atoms with van der Waals surface area (Å²) in [6.07, 6.45) is 9.52. The highest BCUT2D eigenvalue weighted by Gasteiger charge is 2.33. The summed E-state index contributed by atoms with van der Waals surface area (Å²) in [5.41, 5.74) is 1.85. The number of aromatic nitrogens is 3. The van der Waals surface area contributed by atoms with Gasteiger partial charge < -0.3 is 19.9 Å². The number of ether oxygens (including phenoxy) is 1. The Bertz CT molecular complexity index is 2450. The van der Waals surface area contributed by atoms with E-state index >= 15 is 0 Å². The zero-order valence-corrected chi connectivity index (χ0v) is 32.9. The molecule has 1 N–H and O–H groups in total. The number of likely N-dealkylation sites (tertiary alicyclic amines) is 1. The van der Waals surface area contributed by atoms with Gasteiger partial charge in [-0.3, -0.25) is 19.1 Å². The van der Waals surface area contributed by atoms with Crippen LogP contribution in [0, 0.1) is 11.7 Å². The van der Waals surface area contributed by atoms with Crippen LogP contribution in [0.2, 0.25) is 0 Å². The molecule has 1 saturated carbocycles. The van der Waals surface area contributed by atoms with Crippen molar-refractivity contribution in [1.29, 1.82) is 0 Å². The van der Waals surface area contributed by atoms with Crippen molar-refractivity contribution in [1.82, 2.24) is 29.2 Å². The molecular weight excluding hydrogens is 745 g/mol. The maximum atomic E-state index is 14.6. The predicted molar refractivity (Wildman–Crippen MR) is 217 cm³/mol. The Kier molecular flexibility index (Phi) is 10.6. The standard InChI is InChI=1S/C44H47F2N7O5/c1-44(2,3)58-43(57)50-19-17-28(18-20-50)21-27-7-9-29(10-8-27)30-5-4-6-35(22-30)52-39-36(23-32(46)24-47-39)41(55)53(42(52)56)34-14-12-33(13-15-34)48-40(54)37-26-51-25-31(45)11-16-38(51)49-37/h4-11,16,22-25,28,33-34,37H,12-15,17-21,26H2,1-3H3,(H,48,54). The fourth-order valence-corrected chi connectivity index (χ4v) is 8.45. The number of amides is 2. The third-order valence-electron chi connectivity index (χ3n) is 11.4. The topological polar surface area (TPSA) is 131 Å². The molecule has 2 aromatic heterocycles. The summed E-state index contributed by atoms with van der Waals surface area (Å²) in [6.45, 7) is 7.21. The number of allylic oxidation sites excluding steroid dienone is 2. The average molecular weight is 792 g/mol. The largest absolute Gasteiger partial charge is 0.444 e. The first-order valence-corrected chi connectivity index (χ1v) is 20.0. The second kappa shape index (κ2) is 15.8. The summed E-state index contributed by atoms with van der Waals surface area (Å²) >= 11 is 0. The molecule has 14 heteroatoms. The second-order valence-corrected chi connectivity index (χ2v) is 16.7. The van der Waals surface area contributed by atoms with Gasteiger partial charge in [0, 0.05) is 31.4 Å². The molecule has 4 aliphatic rings. The molecule has 12 nitrogen and oxygen atoms in total. The molecule has 2 amide bonds. The van der Waals surface area contributed by atoms with Crippen LogP contribution in [-0.4, -0.2) is 79.1 Å². The van der Waals surface area contributed by atoms with Crippen LogP contribution in [0.15, 0.2) is 99.6 Å². The molecular formula is C44H47F2N7O5. The van der Waals surface area contributed by atoms with E-state index < -0.39 is 40.6 Å². The molecule has 0 spiro atoms. The lowest BCUT2D eigenvalue weighted by atomic mass is 9.89. The summed E-state index contributed by atoms with van der Waals surface area (Å²) in [7, 11) is 0. The van der Waals surface area contributed by atoms with E-state index in [1.165, 1.54) is 27.0 Å². The third-order valence-corrected chi connectivity index (χ3v) is 11.4. The van der Waals surface area contributed by atoms with Crippen molar-refractivity contribution < 1.29 is 23.1 Å². The number of piperidine rings is 1. The van der Waals surface area contributed by atoms with E-state index in [9.17, 15) is 28.0 Å². The monoisotopic (exact) mass is 791 g/mol. The van der Waals surface area contributed by atoms with Gasteiger partial charge in [-0.2, -0.15) is 0 Å². The van der Waals surface area contributed by atoms with Gasteiger partial charge >= 0.3 is 11.8 Å². The van der Waals surface area contributed by atoms with E-state index in [0.29, 0.717) is 56.2 Å². The third kappa shape index (κ3) is 8.23. The number of pyridine rings is 1. The van der Waals surface area contributed by atoms with E-state index in [1.807, 2.05) is 39.0 Å². The Labute approximate surface area is 334 Å². The first kappa shape index (κ1) is 38.9. The number of fused-ring (bicyclic) bond motifs is 2. The minimum Gasteiger partial charge on any atom is -0.444 e. The van der Waals surface area contributed by atoms with Crippen LogP contribution in [-0.2, 0) is 16.0 Å². The number of carbonyl (C=O) groups is 2. The molecule has 8 rings (SSSR count). The van der Waals surface area contributed by atoms with E-state index in [4.69, 9.17) is 4.74 Å². The average Bonchev–Trinajstić information content (AvgIpc) is 3.63. The molecule has 0 radical (unpaired) electrons. The van der Waals surface area contributed by atoms with Crippen molar-refractivity contribution in [2.24, 2.45) is 10.9 Å². The summed E-state index contributed by atoms with van der Waals surface area (Å²) in [4.78, 5) is 66.0. The molecule has 1 aliphatic carbocycles. The number of nitrogens with one attached hydrogen (secondary N) is 1. The van der Waals surface area contributed by atoms with Crippen molar-refractivity contribution in [2.75, 3.05) is 19.6 Å². The van der Waals surface area contributed by atoms with Gasteiger partial charge in [0.25, 0.3) is 5.56 Å². The number of halogens is 2. The zero-order valence-electron chi connectivity index (χ0n) is 32.9. The Morgan fingerprint density at radius 1 is 0.914 bits per heavy atom. The molecule has 3 aliphatic heterocycles. The van der Waals surface area contributed by atoms with Crippen LogP contribution in [0.4, 0.5) is 13.6 Å². The lowest BCUT2D eigenvalue weighted by molar-refractivity contribution is -0.123. The van der Waals surface area contributed by atoms with Crippen molar-refractivity contribution >= 4 is 28.9 Å². The number of hydrogen-bond donors (Lipinski definition) is 1. The maximum absolute atomic E-state index is 14.6. The molecule has 4 aromatic rings. The molecule has 1 saturated heterocycles. The lowest BCUT2D eigenvalue weighted by Crippen LogP contribution is -2.47. The number of amidine groups is 1. The van der Waals surface area contributed by atoms with Gasteiger partial charge in [-0.05, 0) is 119 Å².